The molecule has 0 saturated carbocycles. The Kier molecular flexibility index (Phi) is 8.89. The number of phenols is 2. The van der Waals surface area contributed by atoms with Gasteiger partial charge in [-0.2, -0.15) is 0 Å². The third-order valence-electron chi connectivity index (χ3n) is 12.4. The lowest BCUT2D eigenvalue weighted by Gasteiger charge is -2.62. The van der Waals surface area contributed by atoms with Crippen LogP contribution >= 0.6 is 11.8 Å². The second-order valence-electron chi connectivity index (χ2n) is 15.3. The highest BCUT2D eigenvalue weighted by molar-refractivity contribution is 7.99. The fraction of sp³-hybridized carbons (Fsp3) is 0.463. The number of esters is 2. The molecule has 1 spiro atoms. The third kappa shape index (κ3) is 5.10. The number of thioether (sulfide) groups is 1. The molecule has 7 aliphatic rings. The molecule has 7 heterocycles. The van der Waals surface area contributed by atoms with Crippen molar-refractivity contribution in [3.8, 4) is 40.2 Å². The number of rotatable bonds is 5. The van der Waals surface area contributed by atoms with Crippen molar-refractivity contribution in [2.24, 2.45) is 0 Å². The molecule has 7 aliphatic heterocycles. The van der Waals surface area contributed by atoms with Gasteiger partial charge in [-0.15, -0.1) is 18.3 Å². The minimum absolute atomic E-state index is 0.0225. The lowest BCUT2D eigenvalue weighted by molar-refractivity contribution is -0.189. The molecule has 4 N–H and O–H groups in total. The van der Waals surface area contributed by atoms with E-state index in [0.717, 1.165) is 16.7 Å². The number of carbonyl (C=O) groups excluding carboxylic acids is 2. The Morgan fingerprint density at radius 1 is 1.07 bits per heavy atom. The van der Waals surface area contributed by atoms with E-state index in [1.54, 1.807) is 18.2 Å². The number of benzene rings is 3. The number of aryl methyl sites for hydroxylation is 1. The first-order chi connectivity index (χ1) is 26.9. The van der Waals surface area contributed by atoms with E-state index in [-0.39, 0.29) is 36.4 Å². The molecular weight excluding hydrogens is 743 g/mol. The number of nitrogens with zero attached hydrogens (tertiary/aromatic N) is 2. The molecule has 10 rings (SSSR count). The molecule has 2 fully saturated rings. The number of methoxy groups -OCH3 is 2. The number of nitrogens with one attached hydrogen (secondary N) is 1. The van der Waals surface area contributed by atoms with Crippen LogP contribution in [0.1, 0.15) is 68.8 Å². The lowest BCUT2D eigenvalue weighted by Crippen LogP contribution is -2.70. The molecule has 1 unspecified atom stereocenters. The number of hydrogen-bond donors (Lipinski definition) is 4. The maximum atomic E-state index is 14.8. The number of aliphatic hydroxyl groups excluding tert-OH is 1. The van der Waals surface area contributed by atoms with Gasteiger partial charge in [0.05, 0.1) is 37.6 Å². The van der Waals surface area contributed by atoms with E-state index in [0.29, 0.717) is 76.7 Å². The van der Waals surface area contributed by atoms with Crippen LogP contribution in [0.4, 0.5) is 0 Å². The summed E-state index contributed by atoms with van der Waals surface area (Å²) in [6, 6.07) is 2.96. The van der Waals surface area contributed by atoms with E-state index < -0.39 is 53.1 Å². The molecule has 3 aromatic rings. The summed E-state index contributed by atoms with van der Waals surface area (Å²) in [5, 5.41) is 38.5. The Labute approximate surface area is 328 Å². The predicted molar refractivity (Wildman–Crippen MR) is 204 cm³/mol. The van der Waals surface area contributed by atoms with Crippen molar-refractivity contribution in [2.45, 2.75) is 74.8 Å². The van der Waals surface area contributed by atoms with Gasteiger partial charge in [-0.1, -0.05) is 12.1 Å². The molecule has 2 saturated heterocycles. The summed E-state index contributed by atoms with van der Waals surface area (Å²) in [7, 11) is 2.99. The van der Waals surface area contributed by atoms with E-state index in [1.165, 1.54) is 32.9 Å². The van der Waals surface area contributed by atoms with Crippen LogP contribution in [0.25, 0.3) is 0 Å². The molecule has 0 aromatic heterocycles. The number of fused-ring (bicyclic) bond motifs is 9. The highest BCUT2D eigenvalue weighted by Gasteiger charge is 2.62. The van der Waals surface area contributed by atoms with Crippen molar-refractivity contribution in [2.75, 3.05) is 46.5 Å². The molecule has 15 heteroatoms. The van der Waals surface area contributed by atoms with Crippen LogP contribution in [0.2, 0.25) is 0 Å². The number of aliphatic hydroxyl groups is 1. The summed E-state index contributed by atoms with van der Waals surface area (Å²) >= 11 is 1.46. The SMILES string of the molecule is C=CCN1[C@H]2c3c(cc(C)c(OC)c3O)C[C@H]1[C@H](O)N1C2[C@@H]2SC[C@]3(NCCc4cc(O)c(OC)cc43)C(=O)OC[C@@H]1c1c3c(c(C)c(OC(C)=O)c12)OCO3. The Morgan fingerprint density at radius 2 is 1.86 bits per heavy atom. The zero-order valence-corrected chi connectivity index (χ0v) is 32.7. The van der Waals surface area contributed by atoms with Crippen molar-refractivity contribution in [3.05, 3.63) is 75.4 Å². The van der Waals surface area contributed by atoms with Crippen LogP contribution in [0, 0.1) is 13.8 Å². The van der Waals surface area contributed by atoms with Gasteiger partial charge in [0.2, 0.25) is 6.79 Å². The van der Waals surface area contributed by atoms with E-state index in [2.05, 4.69) is 16.8 Å². The van der Waals surface area contributed by atoms with Gasteiger partial charge in [0, 0.05) is 54.1 Å². The van der Waals surface area contributed by atoms with E-state index in [4.69, 9.17) is 28.4 Å². The maximum absolute atomic E-state index is 14.8. The van der Waals surface area contributed by atoms with Crippen LogP contribution < -0.4 is 29.0 Å². The smallest absolute Gasteiger partial charge is 0.331 e. The zero-order valence-electron chi connectivity index (χ0n) is 31.8. The van der Waals surface area contributed by atoms with Gasteiger partial charge < -0.3 is 43.7 Å². The number of hydrogen-bond acceptors (Lipinski definition) is 15. The number of carbonyl (C=O) groups is 2. The summed E-state index contributed by atoms with van der Waals surface area (Å²) in [6.45, 7) is 9.69. The van der Waals surface area contributed by atoms with Crippen LogP contribution in [0.3, 0.4) is 0 Å². The normalized spacial score (nSPS) is 28.7. The van der Waals surface area contributed by atoms with Gasteiger partial charge in [0.25, 0.3) is 0 Å². The first kappa shape index (κ1) is 36.9. The topological polar surface area (TPSA) is 169 Å². The molecule has 56 heavy (non-hydrogen) atoms. The molecule has 3 aromatic carbocycles. The Balaban J connectivity index is 1.33. The van der Waals surface area contributed by atoms with Crippen LogP contribution in [-0.2, 0) is 32.7 Å². The van der Waals surface area contributed by atoms with Crippen LogP contribution in [0.15, 0.2) is 30.9 Å². The molecule has 296 valence electrons. The second kappa shape index (κ2) is 13.5. The van der Waals surface area contributed by atoms with Crippen molar-refractivity contribution in [1.29, 1.82) is 0 Å². The van der Waals surface area contributed by atoms with Gasteiger partial charge in [-0.3, -0.25) is 19.9 Å². The summed E-state index contributed by atoms with van der Waals surface area (Å²) in [5.41, 5.74) is 4.24. The Bertz CT molecular complexity index is 2200. The highest BCUT2D eigenvalue weighted by atomic mass is 32.2. The van der Waals surface area contributed by atoms with E-state index >= 15 is 0 Å². The molecule has 4 bridgehead atoms. The largest absolute Gasteiger partial charge is 0.504 e. The van der Waals surface area contributed by atoms with Gasteiger partial charge in [-0.05, 0) is 61.1 Å². The molecular formula is C41H45N3O11S. The number of aromatic hydroxyl groups is 2. The van der Waals surface area contributed by atoms with Crippen LogP contribution in [0.5, 0.6) is 40.2 Å². The quantitative estimate of drug-likeness (QED) is 0.167. The van der Waals surface area contributed by atoms with Crippen molar-refractivity contribution >= 4 is 23.7 Å². The molecule has 7 atom stereocenters. The molecule has 0 amide bonds. The summed E-state index contributed by atoms with van der Waals surface area (Å²) < 4.78 is 36.1. The highest BCUT2D eigenvalue weighted by Crippen LogP contribution is 2.64. The van der Waals surface area contributed by atoms with Gasteiger partial charge >= 0.3 is 11.9 Å². The van der Waals surface area contributed by atoms with Crippen LogP contribution in [-0.4, -0.2) is 102 Å². The standard InChI is InChI=1S/C41H45N3O11S/c1-7-10-43-24-12-22-11-18(2)34(51-6)33(47)28(22)31(43)32-38-30-29(37-36(53-17-54-37)19(3)35(30)55-20(4)45)25(44(32)39(24)48)15-52-40(49)41(16-56-38)23-14-27(50-5)26(46)13-21(23)8-9-42-41/h7,11,13-14,24-25,31-32,38-39,42,46-48H,1,8-10,12,15-17H2,2-6H3/t24-,25+,31-,32?,38+,39-,41+/m0/s1. The fourth-order valence-corrected chi connectivity index (χ4v) is 11.9. The average Bonchev–Trinajstić information content (AvgIpc) is 3.66. The minimum atomic E-state index is -1.38. The maximum Gasteiger partial charge on any atom is 0.331 e. The monoisotopic (exact) mass is 787 g/mol. The minimum Gasteiger partial charge on any atom is -0.504 e. The number of ether oxygens (including phenoxy) is 6. The average molecular weight is 788 g/mol. The summed E-state index contributed by atoms with van der Waals surface area (Å²) in [6.07, 6.45) is 1.69. The van der Waals surface area contributed by atoms with Gasteiger partial charge in [0.1, 0.15) is 18.6 Å². The van der Waals surface area contributed by atoms with Gasteiger partial charge in [-0.25, -0.2) is 4.79 Å². The van der Waals surface area contributed by atoms with Crippen molar-refractivity contribution in [3.63, 3.8) is 0 Å². The molecule has 14 nitrogen and oxygen atoms in total. The predicted octanol–water partition coefficient (Wildman–Crippen LogP) is 3.97. The van der Waals surface area contributed by atoms with Crippen molar-refractivity contribution in [1.82, 2.24) is 15.1 Å². The number of piperazine rings is 1. The number of phenolic OH excluding ortho intramolecular Hbond substituents is 2. The second-order valence-corrected chi connectivity index (χ2v) is 16.4. The summed E-state index contributed by atoms with van der Waals surface area (Å²) in [4.78, 5) is 31.9. The summed E-state index contributed by atoms with van der Waals surface area (Å²) in [5.74, 6) is 0.846. The molecule has 0 radical (unpaired) electrons. The Hall–Kier alpha value is -4.67. The first-order valence-corrected chi connectivity index (χ1v) is 19.8. The van der Waals surface area contributed by atoms with Crippen molar-refractivity contribution < 1.29 is 53.3 Å². The first-order valence-electron chi connectivity index (χ1n) is 18.8. The lowest BCUT2D eigenvalue weighted by atomic mass is 9.72. The van der Waals surface area contributed by atoms with E-state index in [1.807, 2.05) is 24.8 Å². The fourth-order valence-electron chi connectivity index (χ4n) is 10.2. The zero-order chi connectivity index (χ0) is 39.4. The Morgan fingerprint density at radius 3 is 2.59 bits per heavy atom. The van der Waals surface area contributed by atoms with Gasteiger partial charge in [0.15, 0.2) is 40.0 Å². The third-order valence-corrected chi connectivity index (χ3v) is 13.9. The molecule has 0 aliphatic carbocycles. The van der Waals surface area contributed by atoms with E-state index in [9.17, 15) is 24.9 Å².